The summed E-state index contributed by atoms with van der Waals surface area (Å²) in [6.07, 6.45) is 3.30. The second kappa shape index (κ2) is 4.96. The Bertz CT molecular complexity index is 536. The third kappa shape index (κ3) is 2.57. The van der Waals surface area contributed by atoms with Crippen LogP contribution in [-0.4, -0.2) is 42.9 Å². The maximum absolute atomic E-state index is 5.27. The van der Waals surface area contributed by atoms with Gasteiger partial charge in [-0.1, -0.05) is 12.1 Å². The molecule has 4 heteroatoms. The van der Waals surface area contributed by atoms with Crippen LogP contribution in [0.2, 0.25) is 0 Å². The summed E-state index contributed by atoms with van der Waals surface area (Å²) in [4.78, 5) is 2.36. The number of fused-ring (bicyclic) bond motifs is 1. The van der Waals surface area contributed by atoms with E-state index < -0.39 is 0 Å². The number of hydrogen-bond donors (Lipinski definition) is 0. The SMILES string of the molecule is COc1cccc(CN2C=C3CN(C)N=C3CC2)c1. The molecule has 3 rings (SSSR count). The molecule has 100 valence electrons. The second-order valence-corrected chi connectivity index (χ2v) is 5.09. The van der Waals surface area contributed by atoms with Crippen molar-refractivity contribution >= 4 is 5.71 Å². The van der Waals surface area contributed by atoms with Crippen molar-refractivity contribution < 1.29 is 4.74 Å². The van der Waals surface area contributed by atoms with Crippen LogP contribution >= 0.6 is 0 Å². The van der Waals surface area contributed by atoms with Gasteiger partial charge in [0.1, 0.15) is 5.75 Å². The van der Waals surface area contributed by atoms with E-state index in [0.29, 0.717) is 0 Å². The van der Waals surface area contributed by atoms with Gasteiger partial charge in [-0.3, -0.25) is 5.01 Å². The molecule has 0 radical (unpaired) electrons. The van der Waals surface area contributed by atoms with Gasteiger partial charge >= 0.3 is 0 Å². The molecule has 2 aliphatic heterocycles. The molecule has 2 aliphatic rings. The van der Waals surface area contributed by atoms with E-state index in [1.165, 1.54) is 16.8 Å². The Labute approximate surface area is 114 Å². The van der Waals surface area contributed by atoms with Crippen LogP contribution in [0.25, 0.3) is 0 Å². The molecule has 1 aromatic carbocycles. The highest BCUT2D eigenvalue weighted by Crippen LogP contribution is 2.22. The lowest BCUT2D eigenvalue weighted by atomic mass is 10.1. The number of hydrogen-bond acceptors (Lipinski definition) is 4. The van der Waals surface area contributed by atoms with Crippen LogP contribution in [0.4, 0.5) is 0 Å². The Kier molecular flexibility index (Phi) is 3.15. The number of hydrazone groups is 1. The maximum Gasteiger partial charge on any atom is 0.119 e. The molecule has 0 saturated carbocycles. The molecule has 0 unspecified atom stereocenters. The van der Waals surface area contributed by atoms with E-state index >= 15 is 0 Å². The van der Waals surface area contributed by atoms with Crippen molar-refractivity contribution in [2.45, 2.75) is 13.0 Å². The van der Waals surface area contributed by atoms with Crippen molar-refractivity contribution in [2.75, 3.05) is 27.2 Å². The average Bonchev–Trinajstić information content (AvgIpc) is 2.78. The van der Waals surface area contributed by atoms with E-state index in [0.717, 1.165) is 31.8 Å². The molecule has 0 aromatic heterocycles. The Morgan fingerprint density at radius 2 is 2.26 bits per heavy atom. The molecular formula is C15H19N3O. The lowest BCUT2D eigenvalue weighted by Gasteiger charge is -2.25. The Hall–Kier alpha value is -1.97. The molecule has 0 aliphatic carbocycles. The van der Waals surface area contributed by atoms with Gasteiger partial charge in [-0.05, 0) is 17.7 Å². The Morgan fingerprint density at radius 3 is 3.11 bits per heavy atom. The molecule has 19 heavy (non-hydrogen) atoms. The summed E-state index contributed by atoms with van der Waals surface area (Å²) in [5.74, 6) is 0.921. The maximum atomic E-state index is 5.27. The first-order valence-electron chi connectivity index (χ1n) is 6.61. The van der Waals surface area contributed by atoms with Gasteiger partial charge in [-0.2, -0.15) is 5.10 Å². The smallest absolute Gasteiger partial charge is 0.119 e. The van der Waals surface area contributed by atoms with Crippen molar-refractivity contribution in [3.63, 3.8) is 0 Å². The van der Waals surface area contributed by atoms with Crippen LogP contribution in [-0.2, 0) is 6.54 Å². The molecule has 4 nitrogen and oxygen atoms in total. The fraction of sp³-hybridized carbons (Fsp3) is 0.400. The van der Waals surface area contributed by atoms with Gasteiger partial charge < -0.3 is 9.64 Å². The van der Waals surface area contributed by atoms with Crippen LogP contribution in [0.3, 0.4) is 0 Å². The summed E-state index contributed by atoms with van der Waals surface area (Å²) in [7, 11) is 3.73. The van der Waals surface area contributed by atoms with E-state index in [4.69, 9.17) is 4.74 Å². The quantitative estimate of drug-likeness (QED) is 0.830. The van der Waals surface area contributed by atoms with Crippen LogP contribution in [0.5, 0.6) is 5.75 Å². The number of benzene rings is 1. The normalized spacial score (nSPS) is 18.0. The standard InChI is InChI=1S/C15H19N3O/c1-17-10-13-11-18(7-6-15(13)16-17)9-12-4-3-5-14(8-12)19-2/h3-5,8,11H,6-7,9-10H2,1-2H3. The molecule has 0 saturated heterocycles. The lowest BCUT2D eigenvalue weighted by Crippen LogP contribution is -2.27. The molecule has 0 bridgehead atoms. The summed E-state index contributed by atoms with van der Waals surface area (Å²) >= 11 is 0. The summed E-state index contributed by atoms with van der Waals surface area (Å²) in [6, 6.07) is 8.27. The number of ether oxygens (including phenoxy) is 1. The lowest BCUT2D eigenvalue weighted by molar-refractivity contribution is 0.367. The topological polar surface area (TPSA) is 28.1 Å². The zero-order valence-corrected chi connectivity index (χ0v) is 11.5. The molecule has 2 heterocycles. The van der Waals surface area contributed by atoms with Gasteiger partial charge in [0.05, 0.1) is 19.4 Å². The van der Waals surface area contributed by atoms with Crippen molar-refractivity contribution in [2.24, 2.45) is 5.10 Å². The number of likely N-dealkylation sites (N-methyl/N-ethyl adjacent to an activating group) is 1. The number of nitrogens with zero attached hydrogens (tertiary/aromatic N) is 3. The first-order chi connectivity index (χ1) is 9.24. The van der Waals surface area contributed by atoms with Gasteiger partial charge in [0, 0.05) is 38.3 Å². The first-order valence-corrected chi connectivity index (χ1v) is 6.61. The highest BCUT2D eigenvalue weighted by Gasteiger charge is 2.22. The van der Waals surface area contributed by atoms with Gasteiger partial charge in [-0.15, -0.1) is 0 Å². The van der Waals surface area contributed by atoms with Crippen LogP contribution in [0.1, 0.15) is 12.0 Å². The minimum atomic E-state index is 0.921. The third-order valence-electron chi connectivity index (χ3n) is 3.56. The second-order valence-electron chi connectivity index (χ2n) is 5.09. The van der Waals surface area contributed by atoms with Crippen molar-refractivity contribution in [3.8, 4) is 5.75 Å². The van der Waals surface area contributed by atoms with Gasteiger partial charge in [-0.25, -0.2) is 0 Å². The molecule has 0 amide bonds. The Morgan fingerprint density at radius 1 is 1.37 bits per heavy atom. The van der Waals surface area contributed by atoms with E-state index in [-0.39, 0.29) is 0 Å². The van der Waals surface area contributed by atoms with Gasteiger partial charge in [0.25, 0.3) is 0 Å². The minimum absolute atomic E-state index is 0.921. The number of rotatable bonds is 3. The van der Waals surface area contributed by atoms with E-state index in [1.807, 2.05) is 24.2 Å². The highest BCUT2D eigenvalue weighted by molar-refractivity contribution is 6.02. The monoisotopic (exact) mass is 257 g/mol. The van der Waals surface area contributed by atoms with Crippen molar-refractivity contribution in [1.82, 2.24) is 9.91 Å². The first kappa shape index (κ1) is 12.1. The van der Waals surface area contributed by atoms with E-state index in [1.54, 1.807) is 7.11 Å². The van der Waals surface area contributed by atoms with Gasteiger partial charge in [0.15, 0.2) is 0 Å². The molecule has 1 aromatic rings. The predicted octanol–water partition coefficient (Wildman–Crippen LogP) is 2.09. The fourth-order valence-electron chi connectivity index (χ4n) is 2.63. The highest BCUT2D eigenvalue weighted by atomic mass is 16.5. The van der Waals surface area contributed by atoms with E-state index in [9.17, 15) is 0 Å². The molecule has 0 atom stereocenters. The predicted molar refractivity (Wildman–Crippen MR) is 76.2 cm³/mol. The van der Waals surface area contributed by atoms with E-state index in [2.05, 4.69) is 28.3 Å². The Balaban J connectivity index is 1.73. The molecular weight excluding hydrogens is 238 g/mol. The van der Waals surface area contributed by atoms with Crippen LogP contribution in [0, 0.1) is 0 Å². The van der Waals surface area contributed by atoms with Crippen LogP contribution < -0.4 is 4.74 Å². The van der Waals surface area contributed by atoms with Crippen molar-refractivity contribution in [1.29, 1.82) is 0 Å². The molecule has 0 fully saturated rings. The summed E-state index contributed by atoms with van der Waals surface area (Å²) in [6.45, 7) is 2.90. The zero-order chi connectivity index (χ0) is 13.2. The summed E-state index contributed by atoms with van der Waals surface area (Å²) < 4.78 is 5.27. The van der Waals surface area contributed by atoms with Crippen molar-refractivity contribution in [3.05, 3.63) is 41.6 Å². The third-order valence-corrected chi connectivity index (χ3v) is 3.56. The average molecular weight is 257 g/mol. The fourth-order valence-corrected chi connectivity index (χ4v) is 2.63. The minimum Gasteiger partial charge on any atom is -0.497 e. The largest absolute Gasteiger partial charge is 0.497 e. The van der Waals surface area contributed by atoms with Crippen LogP contribution in [0.15, 0.2) is 41.1 Å². The molecule has 0 spiro atoms. The molecule has 0 N–H and O–H groups in total. The summed E-state index contributed by atoms with van der Waals surface area (Å²) in [5.41, 5.74) is 3.89. The number of methoxy groups -OCH3 is 1. The van der Waals surface area contributed by atoms with Gasteiger partial charge in [0.2, 0.25) is 0 Å². The summed E-state index contributed by atoms with van der Waals surface area (Å²) in [5, 5.41) is 6.52. The zero-order valence-electron chi connectivity index (χ0n) is 11.5.